The van der Waals surface area contributed by atoms with Gasteiger partial charge in [-0.3, -0.25) is 4.79 Å². The van der Waals surface area contributed by atoms with Crippen LogP contribution in [0.15, 0.2) is 61.2 Å². The first kappa shape index (κ1) is 41.3. The molecule has 0 aromatic heterocycles. The van der Waals surface area contributed by atoms with Gasteiger partial charge in [-0.05, 0) is 132 Å². The molecule has 0 unspecified atom stereocenters. The van der Waals surface area contributed by atoms with Gasteiger partial charge in [-0.15, -0.1) is 6.58 Å². The molecule has 2 N–H and O–H groups in total. The molecule has 0 bridgehead atoms. The highest BCUT2D eigenvalue weighted by Gasteiger charge is 2.44. The second-order valence-electron chi connectivity index (χ2n) is 16.2. The smallest absolute Gasteiger partial charge is 0.264 e. The number of aryl methyl sites for hydroxylation is 1. The Hall–Kier alpha value is -2.86. The average Bonchev–Trinajstić information content (AvgIpc) is 3.22. The van der Waals surface area contributed by atoms with E-state index < -0.39 is 41.9 Å². The summed E-state index contributed by atoms with van der Waals surface area (Å²) in [4.78, 5) is 16.1. The number of carbonyl (C=O) groups is 1. The fourth-order valence-electron chi connectivity index (χ4n) is 7.98. The lowest BCUT2D eigenvalue weighted by molar-refractivity contribution is 0.0456. The van der Waals surface area contributed by atoms with Crippen molar-refractivity contribution < 1.29 is 31.5 Å². The minimum Gasteiger partial charge on any atom is -0.490 e. The second kappa shape index (κ2) is 16.9. The first-order valence-electron chi connectivity index (χ1n) is 19.0. The molecule has 1 heterocycles. The molecule has 292 valence electrons. The summed E-state index contributed by atoms with van der Waals surface area (Å²) in [6.45, 7) is 12.3. The minimum absolute atomic E-state index is 0.107. The van der Waals surface area contributed by atoms with Crippen molar-refractivity contribution in [3.63, 3.8) is 0 Å². The predicted octanol–water partition coefficient (Wildman–Crippen LogP) is 7.55. The average molecular weight is 790 g/mol. The SMILES string of the molecule is C=CCC[C@@H](CCS(=O)(=O)C(C)(C)C)S(=O)(=O)NC(=O)c1ccc2c(c1)N(C[C@@H]1CC[C@H]1[C@@H](O)/C=C/CCC)C[C@@]1(CCCc3cc(Cl)ccc31)CO2. The maximum atomic E-state index is 13.8. The van der Waals surface area contributed by atoms with Crippen LogP contribution in [0.2, 0.25) is 5.02 Å². The first-order valence-corrected chi connectivity index (χ1v) is 22.6. The normalized spacial score (nSPS) is 22.9. The highest BCUT2D eigenvalue weighted by atomic mass is 35.5. The zero-order chi connectivity index (χ0) is 38.6. The molecule has 2 aromatic rings. The van der Waals surface area contributed by atoms with Gasteiger partial charge in [0, 0.05) is 29.1 Å². The molecular formula is C41H57ClN2O7S2. The maximum absolute atomic E-state index is 13.8. The predicted molar refractivity (Wildman–Crippen MR) is 214 cm³/mol. The van der Waals surface area contributed by atoms with Gasteiger partial charge in [-0.2, -0.15) is 0 Å². The quantitative estimate of drug-likeness (QED) is 0.177. The number of allylic oxidation sites excluding steroid dienone is 2. The molecule has 5 atom stereocenters. The number of sulfonamides is 1. The lowest BCUT2D eigenvalue weighted by Gasteiger charge is -2.45. The number of aliphatic hydroxyl groups excluding tert-OH is 1. The fourth-order valence-corrected chi connectivity index (χ4v) is 10.9. The number of hydrogen-bond acceptors (Lipinski definition) is 8. The number of nitrogens with zero attached hydrogens (tertiary/aromatic N) is 1. The minimum atomic E-state index is -4.25. The summed E-state index contributed by atoms with van der Waals surface area (Å²) in [7, 11) is -7.84. The van der Waals surface area contributed by atoms with Gasteiger partial charge >= 0.3 is 0 Å². The van der Waals surface area contributed by atoms with Crippen LogP contribution in [-0.2, 0) is 31.7 Å². The third kappa shape index (κ3) is 9.51. The van der Waals surface area contributed by atoms with Gasteiger partial charge in [-0.1, -0.05) is 49.2 Å². The lowest BCUT2D eigenvalue weighted by atomic mass is 9.68. The molecule has 1 fully saturated rings. The number of halogens is 1. The monoisotopic (exact) mass is 788 g/mol. The van der Waals surface area contributed by atoms with Crippen LogP contribution in [0, 0.1) is 11.8 Å². The molecule has 5 rings (SSSR count). The molecule has 9 nitrogen and oxygen atoms in total. The van der Waals surface area contributed by atoms with Crippen LogP contribution in [0.1, 0.15) is 107 Å². The van der Waals surface area contributed by atoms with Gasteiger partial charge < -0.3 is 14.7 Å². The topological polar surface area (TPSA) is 130 Å². The standard InChI is InChI=1S/C41H57ClN2O7S2/c1-6-8-10-14-37(45)34-18-15-31(34)26-44-27-41(22-11-12-29-24-32(42)17-19-35(29)41)28-51-38-20-16-30(25-36(38)44)39(46)43-53(49,50)33(13-9-7-2)21-23-52(47,48)40(3,4)5/h7,10,14,16-17,19-20,24-25,31,33-34,37,45H,2,6,8-9,11-13,15,18,21-23,26-28H2,1,3-5H3,(H,43,46)/b14-10+/t31-,33-,34+,37-,41-/m0/s1. The molecule has 1 aliphatic heterocycles. The molecule has 12 heteroatoms. The number of rotatable bonds is 15. The number of benzene rings is 2. The number of fused-ring (bicyclic) bond motifs is 3. The van der Waals surface area contributed by atoms with E-state index in [4.69, 9.17) is 16.3 Å². The van der Waals surface area contributed by atoms with E-state index in [9.17, 15) is 26.7 Å². The van der Waals surface area contributed by atoms with Crippen molar-refractivity contribution in [3.8, 4) is 5.75 Å². The molecule has 3 aliphatic rings. The van der Waals surface area contributed by atoms with E-state index >= 15 is 0 Å². The fraction of sp³-hybridized carbons (Fsp3) is 0.585. The number of nitrogens with one attached hydrogen (secondary N) is 1. The number of hydrogen-bond donors (Lipinski definition) is 2. The summed E-state index contributed by atoms with van der Waals surface area (Å²) in [6, 6.07) is 11.1. The highest BCUT2D eigenvalue weighted by molar-refractivity contribution is 7.93. The number of sulfone groups is 1. The van der Waals surface area contributed by atoms with Crippen molar-refractivity contribution in [3.05, 3.63) is 82.9 Å². The van der Waals surface area contributed by atoms with Gasteiger partial charge in [0.2, 0.25) is 10.0 Å². The zero-order valence-corrected chi connectivity index (χ0v) is 34.0. The van der Waals surface area contributed by atoms with E-state index in [0.717, 1.165) is 44.9 Å². The van der Waals surface area contributed by atoms with Crippen LogP contribution in [0.5, 0.6) is 5.75 Å². The van der Waals surface area contributed by atoms with Crippen molar-refractivity contribution in [2.75, 3.05) is 30.3 Å². The van der Waals surface area contributed by atoms with Crippen LogP contribution in [-0.4, -0.2) is 69.4 Å². The van der Waals surface area contributed by atoms with Gasteiger partial charge in [0.25, 0.3) is 5.91 Å². The summed E-state index contributed by atoms with van der Waals surface area (Å²) < 4.78 is 60.9. The van der Waals surface area contributed by atoms with Gasteiger partial charge in [0.15, 0.2) is 9.84 Å². The molecule has 2 aliphatic carbocycles. The summed E-state index contributed by atoms with van der Waals surface area (Å²) >= 11 is 6.43. The molecule has 1 amide bonds. The number of aliphatic hydroxyl groups is 1. The summed E-state index contributed by atoms with van der Waals surface area (Å²) in [5.74, 6) is -0.181. The van der Waals surface area contributed by atoms with Crippen molar-refractivity contribution in [1.29, 1.82) is 0 Å². The molecular weight excluding hydrogens is 732 g/mol. The molecule has 2 aromatic carbocycles. The van der Waals surface area contributed by atoms with E-state index in [2.05, 4.69) is 35.3 Å². The number of anilines is 1. The Morgan fingerprint density at radius 1 is 1.13 bits per heavy atom. The van der Waals surface area contributed by atoms with Crippen LogP contribution < -0.4 is 14.4 Å². The Kier molecular flexibility index (Phi) is 13.2. The Morgan fingerprint density at radius 3 is 2.58 bits per heavy atom. The van der Waals surface area contributed by atoms with Crippen LogP contribution in [0.4, 0.5) is 5.69 Å². The molecule has 53 heavy (non-hydrogen) atoms. The number of unbranched alkanes of at least 4 members (excludes halogenated alkanes) is 1. The van der Waals surface area contributed by atoms with Crippen LogP contribution >= 0.6 is 11.6 Å². The Morgan fingerprint density at radius 2 is 1.91 bits per heavy atom. The first-order chi connectivity index (χ1) is 25.0. The third-order valence-electron chi connectivity index (χ3n) is 11.5. The van der Waals surface area contributed by atoms with Gasteiger partial charge in [0.1, 0.15) is 5.75 Å². The van der Waals surface area contributed by atoms with Crippen LogP contribution in [0.25, 0.3) is 0 Å². The lowest BCUT2D eigenvalue weighted by Crippen LogP contribution is -2.49. The highest BCUT2D eigenvalue weighted by Crippen LogP contribution is 2.46. The number of carbonyl (C=O) groups excluding carboxylic acids is 1. The summed E-state index contributed by atoms with van der Waals surface area (Å²) in [5.41, 5.74) is 2.94. The Labute approximate surface area is 322 Å². The van der Waals surface area contributed by atoms with Gasteiger partial charge in [-0.25, -0.2) is 21.6 Å². The largest absolute Gasteiger partial charge is 0.490 e. The number of amides is 1. The number of ether oxygens (including phenoxy) is 1. The van der Waals surface area contributed by atoms with Crippen molar-refractivity contribution in [2.45, 2.75) is 113 Å². The van der Waals surface area contributed by atoms with Crippen LogP contribution in [0.3, 0.4) is 0 Å². The van der Waals surface area contributed by atoms with E-state index in [1.165, 1.54) is 11.1 Å². The molecule has 0 radical (unpaired) electrons. The Bertz CT molecular complexity index is 1890. The summed E-state index contributed by atoms with van der Waals surface area (Å²) in [5, 5.41) is 10.7. The van der Waals surface area contributed by atoms with Crippen molar-refractivity contribution in [1.82, 2.24) is 4.72 Å². The second-order valence-corrected chi connectivity index (χ2v) is 21.4. The third-order valence-corrected chi connectivity index (χ3v) is 16.2. The molecule has 1 saturated carbocycles. The van der Waals surface area contributed by atoms with Gasteiger partial charge in [0.05, 0.1) is 34.1 Å². The zero-order valence-electron chi connectivity index (χ0n) is 31.7. The molecule has 0 saturated heterocycles. The van der Waals surface area contributed by atoms with Crippen molar-refractivity contribution in [2.24, 2.45) is 11.8 Å². The van der Waals surface area contributed by atoms with E-state index in [-0.39, 0.29) is 41.4 Å². The summed E-state index contributed by atoms with van der Waals surface area (Å²) in [6.07, 6.45) is 12.0. The van der Waals surface area contributed by atoms with E-state index in [1.807, 2.05) is 18.2 Å². The van der Waals surface area contributed by atoms with E-state index in [0.29, 0.717) is 42.6 Å². The van der Waals surface area contributed by atoms with E-state index in [1.54, 1.807) is 45.0 Å². The maximum Gasteiger partial charge on any atom is 0.264 e. The van der Waals surface area contributed by atoms with Crippen molar-refractivity contribution >= 4 is 43.1 Å². The Balaban J connectivity index is 1.45. The molecule has 1 spiro atoms.